The smallest absolute Gasteiger partial charge is 0.211 e. The second-order valence-corrected chi connectivity index (χ2v) is 3.45. The van der Waals surface area contributed by atoms with Gasteiger partial charge in [0, 0.05) is 0 Å². The van der Waals surface area contributed by atoms with Crippen molar-refractivity contribution in [1.82, 2.24) is 5.15 Å². The van der Waals surface area contributed by atoms with Crippen molar-refractivity contribution in [2.75, 3.05) is 6.30 Å². The van der Waals surface area contributed by atoms with Gasteiger partial charge in [-0.05, 0) is 20.8 Å². The molecule has 0 aromatic carbocycles. The van der Waals surface area contributed by atoms with Crippen LogP contribution in [0.5, 0.6) is 0 Å². The third-order valence-electron chi connectivity index (χ3n) is 0.496. The molecule has 0 rings (SSSR count). The van der Waals surface area contributed by atoms with Crippen LogP contribution in [0.2, 0.25) is 0 Å². The first-order valence-corrected chi connectivity index (χ1v) is 3.99. The van der Waals surface area contributed by atoms with Crippen LogP contribution in [-0.2, 0) is 4.84 Å². The number of rotatable bonds is 3. The van der Waals surface area contributed by atoms with Crippen molar-refractivity contribution in [2.45, 2.75) is 26.4 Å². The Morgan fingerprint density at radius 3 is 2.44 bits per heavy atom. The van der Waals surface area contributed by atoms with Gasteiger partial charge >= 0.3 is 0 Å². The molecule has 0 aliphatic carbocycles. The Balaban J connectivity index is 3.07. The summed E-state index contributed by atoms with van der Waals surface area (Å²) in [4.78, 5) is 4.99. The van der Waals surface area contributed by atoms with Crippen LogP contribution >= 0.6 is 0 Å². The van der Waals surface area contributed by atoms with E-state index in [1.807, 2.05) is 20.8 Å². The molecule has 0 spiro atoms. The molecule has 0 atom stereocenters. The molecule has 0 heterocycles. The van der Waals surface area contributed by atoms with Crippen LogP contribution in [0.4, 0.5) is 4.39 Å². The topological polar surface area (TPSA) is 21.3 Å². The summed E-state index contributed by atoms with van der Waals surface area (Å²) in [6.07, 6.45) is -0.365. The van der Waals surface area contributed by atoms with E-state index in [0.717, 1.165) is 0 Å². The molecule has 2 radical (unpaired) electrons. The maximum atomic E-state index is 11.4. The Morgan fingerprint density at radius 2 is 2.11 bits per heavy atom. The standard InChI is InChI=1S/C5H12FNOSi/c1-5(2,3)8-7-9-4-6/h7H,4H2,1-3H3. The number of nitrogens with one attached hydrogen (secondary N) is 1. The van der Waals surface area contributed by atoms with Gasteiger partial charge in [-0.2, -0.15) is 0 Å². The number of hydrogen-bond donors (Lipinski definition) is 1. The minimum absolute atomic E-state index is 0.0495. The highest BCUT2D eigenvalue weighted by molar-refractivity contribution is 6.31. The predicted molar refractivity (Wildman–Crippen MR) is 35.7 cm³/mol. The van der Waals surface area contributed by atoms with Crippen LogP contribution in [0.15, 0.2) is 0 Å². The van der Waals surface area contributed by atoms with Gasteiger partial charge in [-0.25, -0.2) is 5.15 Å². The average molecular weight is 149 g/mol. The van der Waals surface area contributed by atoms with E-state index in [4.69, 9.17) is 4.84 Å². The largest absolute Gasteiger partial charge is 0.304 e. The molecular weight excluding hydrogens is 137 g/mol. The molecule has 0 amide bonds. The maximum Gasteiger partial charge on any atom is 0.211 e. The molecule has 0 bridgehead atoms. The van der Waals surface area contributed by atoms with Crippen LogP contribution in [0, 0.1) is 0 Å². The van der Waals surface area contributed by atoms with Gasteiger partial charge in [-0.1, -0.05) is 0 Å². The lowest BCUT2D eigenvalue weighted by Crippen LogP contribution is -2.32. The summed E-state index contributed by atoms with van der Waals surface area (Å²) in [5.74, 6) is 0. The first-order valence-electron chi connectivity index (χ1n) is 2.78. The van der Waals surface area contributed by atoms with Crippen molar-refractivity contribution in [3.63, 3.8) is 0 Å². The van der Waals surface area contributed by atoms with E-state index >= 15 is 0 Å². The summed E-state index contributed by atoms with van der Waals surface area (Å²) in [7, 11) is 0.0495. The maximum absolute atomic E-state index is 11.4. The van der Waals surface area contributed by atoms with Gasteiger partial charge in [0.05, 0.1) is 11.9 Å². The predicted octanol–water partition coefficient (Wildman–Crippen LogP) is 0.852. The summed E-state index contributed by atoms with van der Waals surface area (Å²) in [5.41, 5.74) is -0.220. The molecule has 9 heavy (non-hydrogen) atoms. The highest BCUT2D eigenvalue weighted by Gasteiger charge is 2.09. The fourth-order valence-electron chi connectivity index (χ4n) is 0.216. The lowest BCUT2D eigenvalue weighted by molar-refractivity contribution is -0.0377. The van der Waals surface area contributed by atoms with Crippen LogP contribution in [0.1, 0.15) is 20.8 Å². The van der Waals surface area contributed by atoms with Gasteiger partial charge in [-0.3, -0.25) is 4.39 Å². The lowest BCUT2D eigenvalue weighted by atomic mass is 10.2. The number of halogens is 1. The molecule has 0 saturated heterocycles. The zero-order valence-electron chi connectivity index (χ0n) is 5.99. The Hall–Kier alpha value is 0.0669. The fourth-order valence-corrected chi connectivity index (χ4v) is 0.649. The highest BCUT2D eigenvalue weighted by atomic mass is 28.2. The average Bonchev–Trinajstić information content (AvgIpc) is 1.63. The van der Waals surface area contributed by atoms with Crippen molar-refractivity contribution in [1.29, 1.82) is 0 Å². The molecule has 0 unspecified atom stereocenters. The van der Waals surface area contributed by atoms with E-state index in [1.165, 1.54) is 0 Å². The van der Waals surface area contributed by atoms with Crippen LogP contribution < -0.4 is 5.15 Å². The lowest BCUT2D eigenvalue weighted by Gasteiger charge is -2.18. The fraction of sp³-hybridized carbons (Fsp3) is 1.00. The molecule has 54 valence electrons. The molecule has 0 saturated carbocycles. The first-order chi connectivity index (χ1) is 4.06. The van der Waals surface area contributed by atoms with Crippen molar-refractivity contribution < 1.29 is 9.23 Å². The molecule has 0 fully saturated rings. The van der Waals surface area contributed by atoms with E-state index in [0.29, 0.717) is 0 Å². The highest BCUT2D eigenvalue weighted by Crippen LogP contribution is 2.02. The summed E-state index contributed by atoms with van der Waals surface area (Å²) in [6, 6.07) is 0. The van der Waals surface area contributed by atoms with E-state index in [2.05, 4.69) is 5.15 Å². The molecular formula is C5H12FNOSi. The Kier molecular flexibility index (Phi) is 4.00. The molecule has 1 N–H and O–H groups in total. The number of hydrogen-bond acceptors (Lipinski definition) is 2. The van der Waals surface area contributed by atoms with Gasteiger partial charge in [0.25, 0.3) is 0 Å². The second-order valence-electron chi connectivity index (χ2n) is 2.63. The van der Waals surface area contributed by atoms with Gasteiger partial charge < -0.3 is 4.84 Å². The summed E-state index contributed by atoms with van der Waals surface area (Å²) in [6.45, 7) is 5.72. The number of alkyl halides is 1. The van der Waals surface area contributed by atoms with Gasteiger partial charge in [-0.15, -0.1) is 0 Å². The normalized spacial score (nSPS) is 12.0. The van der Waals surface area contributed by atoms with Gasteiger partial charge in [0.2, 0.25) is 9.68 Å². The minimum Gasteiger partial charge on any atom is -0.304 e. The quantitative estimate of drug-likeness (QED) is 0.365. The monoisotopic (exact) mass is 149 g/mol. The van der Waals surface area contributed by atoms with Gasteiger partial charge in [0.1, 0.15) is 0 Å². The molecule has 4 heteroatoms. The Bertz CT molecular complexity index is 73.8. The Labute approximate surface area is 57.6 Å². The summed E-state index contributed by atoms with van der Waals surface area (Å²) < 4.78 is 11.4. The van der Waals surface area contributed by atoms with Crippen LogP contribution in [-0.4, -0.2) is 21.6 Å². The van der Waals surface area contributed by atoms with Crippen molar-refractivity contribution in [3.8, 4) is 0 Å². The summed E-state index contributed by atoms with van der Waals surface area (Å²) in [5, 5.41) is 2.53. The summed E-state index contributed by atoms with van der Waals surface area (Å²) >= 11 is 0. The van der Waals surface area contributed by atoms with Gasteiger partial charge in [0.15, 0.2) is 0 Å². The van der Waals surface area contributed by atoms with E-state index < -0.39 is 0 Å². The molecule has 0 aliphatic rings. The minimum atomic E-state index is -0.365. The zero-order valence-corrected chi connectivity index (χ0v) is 6.99. The van der Waals surface area contributed by atoms with Crippen molar-refractivity contribution in [3.05, 3.63) is 0 Å². The van der Waals surface area contributed by atoms with Crippen LogP contribution in [0.3, 0.4) is 0 Å². The molecule has 0 aromatic heterocycles. The third kappa shape index (κ3) is 8.07. The SMILES string of the molecule is CC(C)(C)ON[Si]CF. The van der Waals surface area contributed by atoms with Crippen molar-refractivity contribution >= 4 is 9.68 Å². The molecule has 2 nitrogen and oxygen atoms in total. The van der Waals surface area contributed by atoms with E-state index in [-0.39, 0.29) is 21.6 Å². The Morgan fingerprint density at radius 1 is 1.56 bits per heavy atom. The van der Waals surface area contributed by atoms with Crippen LogP contribution in [0.25, 0.3) is 0 Å². The second kappa shape index (κ2) is 3.98. The first kappa shape index (κ1) is 9.07. The van der Waals surface area contributed by atoms with Crippen molar-refractivity contribution in [2.24, 2.45) is 0 Å². The van der Waals surface area contributed by atoms with E-state index in [1.54, 1.807) is 0 Å². The zero-order chi connectivity index (χ0) is 7.33. The molecule has 0 aliphatic heterocycles. The molecule has 0 aromatic rings. The van der Waals surface area contributed by atoms with E-state index in [9.17, 15) is 4.39 Å². The third-order valence-corrected chi connectivity index (χ3v) is 0.876.